The number of aromatic hydroxyl groups is 1. The maximum atomic E-state index is 12.9. The Morgan fingerprint density at radius 2 is 1.62 bits per heavy atom. The van der Waals surface area contributed by atoms with Crippen LogP contribution in [-0.2, 0) is 28.6 Å². The molecule has 2 aromatic carbocycles. The highest BCUT2D eigenvalue weighted by molar-refractivity contribution is 7.99. The molecule has 0 saturated carbocycles. The normalized spacial score (nSPS) is 22.0. The van der Waals surface area contributed by atoms with Gasteiger partial charge in [-0.2, -0.15) is 11.8 Å². The number of benzene rings is 2. The molecule has 1 aliphatic heterocycles. The molecule has 0 radical (unpaired) electrons. The SMILES string of the molecule is COC(=O)[C@@]1(OCCCSCCNC(C)=O)C[C@H](O)[C@@H](NC(C)=O)[C@H]([C@H](O)[C@H](O)CNC(=O)c2ccc(-c3ccc(O)cc3)cc2)O1. The fraction of sp³-hybridized carbons (Fsp3) is 0.500. The summed E-state index contributed by atoms with van der Waals surface area (Å²) in [5, 5.41) is 50.3. The highest BCUT2D eigenvalue weighted by atomic mass is 32.2. The molecule has 14 nitrogen and oxygen atoms in total. The number of hydrogen-bond donors (Lipinski definition) is 7. The minimum atomic E-state index is -2.15. The second-order valence-electron chi connectivity index (χ2n) is 11.0. The largest absolute Gasteiger partial charge is 0.508 e. The van der Waals surface area contributed by atoms with Crippen LogP contribution in [0.15, 0.2) is 48.5 Å². The van der Waals surface area contributed by atoms with E-state index in [2.05, 4.69) is 16.0 Å². The van der Waals surface area contributed by atoms with E-state index in [1.165, 1.54) is 13.8 Å². The van der Waals surface area contributed by atoms with Crippen molar-refractivity contribution in [3.8, 4) is 16.9 Å². The monoisotopic (exact) mass is 677 g/mol. The van der Waals surface area contributed by atoms with Crippen molar-refractivity contribution in [3.63, 3.8) is 0 Å². The van der Waals surface area contributed by atoms with Crippen molar-refractivity contribution in [2.75, 3.05) is 38.3 Å². The number of phenols is 1. The Morgan fingerprint density at radius 1 is 0.979 bits per heavy atom. The predicted molar refractivity (Wildman–Crippen MR) is 172 cm³/mol. The molecule has 6 atom stereocenters. The van der Waals surface area contributed by atoms with Crippen LogP contribution in [0.4, 0.5) is 0 Å². The van der Waals surface area contributed by atoms with Crippen molar-refractivity contribution in [2.45, 2.75) is 62.9 Å². The van der Waals surface area contributed by atoms with E-state index in [0.29, 0.717) is 24.5 Å². The maximum Gasteiger partial charge on any atom is 0.366 e. The number of hydrogen-bond acceptors (Lipinski definition) is 12. The molecule has 1 fully saturated rings. The van der Waals surface area contributed by atoms with E-state index in [1.807, 2.05) is 0 Å². The molecule has 2 aromatic rings. The lowest BCUT2D eigenvalue weighted by molar-refractivity contribution is -0.311. The number of carbonyl (C=O) groups is 4. The molecule has 15 heteroatoms. The zero-order chi connectivity index (χ0) is 34.6. The van der Waals surface area contributed by atoms with Crippen LogP contribution in [0.2, 0.25) is 0 Å². The molecule has 258 valence electrons. The lowest BCUT2D eigenvalue weighted by atomic mass is 9.88. The summed E-state index contributed by atoms with van der Waals surface area (Å²) in [6, 6.07) is 11.9. The molecule has 0 aromatic heterocycles. The average molecular weight is 678 g/mol. The molecule has 47 heavy (non-hydrogen) atoms. The second-order valence-corrected chi connectivity index (χ2v) is 12.2. The first-order chi connectivity index (χ1) is 22.4. The van der Waals surface area contributed by atoms with E-state index in [1.54, 1.807) is 60.3 Å². The fourth-order valence-corrected chi connectivity index (χ4v) is 5.78. The number of aliphatic hydroxyl groups is 3. The Balaban J connectivity index is 1.66. The standard InChI is InChI=1S/C32H43N3O11S/c1-19(36)33-13-16-47-15-4-14-45-32(31(43)44-3)17-25(39)27(35-20(2)37)29(46-32)28(41)26(40)18-34-30(42)23-7-5-21(6-8-23)22-9-11-24(38)12-10-22/h5-12,25-29,38-41H,4,13-18H2,1-3H3,(H,33,36)(H,34,42)(H,35,37)/t25-,26+,27+,28+,29+,32+/m0/s1. The molecule has 1 heterocycles. The third kappa shape index (κ3) is 10.9. The number of carbonyl (C=O) groups excluding carboxylic acids is 4. The molecule has 1 aliphatic rings. The van der Waals surface area contributed by atoms with Gasteiger partial charge in [-0.3, -0.25) is 14.4 Å². The summed E-state index contributed by atoms with van der Waals surface area (Å²) in [6.45, 7) is 2.70. The molecule has 3 rings (SSSR count). The molecule has 3 amide bonds. The number of aliphatic hydroxyl groups excluding tert-OH is 3. The Morgan fingerprint density at radius 3 is 2.21 bits per heavy atom. The van der Waals surface area contributed by atoms with Gasteiger partial charge in [0, 0.05) is 44.7 Å². The van der Waals surface area contributed by atoms with Gasteiger partial charge in [-0.05, 0) is 47.6 Å². The molecular weight excluding hydrogens is 634 g/mol. The van der Waals surface area contributed by atoms with Crippen LogP contribution >= 0.6 is 11.8 Å². The summed E-state index contributed by atoms with van der Waals surface area (Å²) in [7, 11) is 1.11. The zero-order valence-corrected chi connectivity index (χ0v) is 27.3. The van der Waals surface area contributed by atoms with Crippen LogP contribution < -0.4 is 16.0 Å². The third-order valence-electron chi connectivity index (χ3n) is 7.38. The summed E-state index contributed by atoms with van der Waals surface area (Å²) in [4.78, 5) is 48.7. The zero-order valence-electron chi connectivity index (χ0n) is 26.5. The summed E-state index contributed by atoms with van der Waals surface area (Å²) >= 11 is 1.55. The van der Waals surface area contributed by atoms with Gasteiger partial charge < -0.3 is 50.6 Å². The number of rotatable bonds is 16. The van der Waals surface area contributed by atoms with Crippen LogP contribution in [0, 0.1) is 0 Å². The Bertz CT molecular complexity index is 1340. The van der Waals surface area contributed by atoms with E-state index < -0.39 is 67.0 Å². The van der Waals surface area contributed by atoms with Gasteiger partial charge in [0.05, 0.1) is 32.0 Å². The lowest BCUT2D eigenvalue weighted by Crippen LogP contribution is -2.68. The summed E-state index contributed by atoms with van der Waals surface area (Å²) in [6.07, 6.45) is -6.43. The van der Waals surface area contributed by atoms with E-state index in [-0.39, 0.29) is 23.8 Å². The lowest BCUT2D eigenvalue weighted by Gasteiger charge is -2.47. The third-order valence-corrected chi connectivity index (χ3v) is 8.45. The number of amides is 3. The first-order valence-electron chi connectivity index (χ1n) is 15.1. The first-order valence-corrected chi connectivity index (χ1v) is 16.2. The summed E-state index contributed by atoms with van der Waals surface area (Å²) < 4.78 is 16.7. The second kappa shape index (κ2) is 18.0. The van der Waals surface area contributed by atoms with Gasteiger partial charge in [-0.15, -0.1) is 0 Å². The van der Waals surface area contributed by atoms with Gasteiger partial charge in [-0.1, -0.05) is 24.3 Å². The van der Waals surface area contributed by atoms with Crippen molar-refractivity contribution < 1.29 is 53.8 Å². The minimum Gasteiger partial charge on any atom is -0.508 e. The highest BCUT2D eigenvalue weighted by Gasteiger charge is 2.56. The number of esters is 1. The van der Waals surface area contributed by atoms with Crippen LogP contribution in [0.25, 0.3) is 11.1 Å². The number of thioether (sulfide) groups is 1. The molecule has 0 unspecified atom stereocenters. The minimum absolute atomic E-state index is 0.00667. The van der Waals surface area contributed by atoms with Gasteiger partial charge in [0.25, 0.3) is 11.7 Å². The van der Waals surface area contributed by atoms with Gasteiger partial charge in [0.1, 0.15) is 18.0 Å². The molecule has 7 N–H and O–H groups in total. The van der Waals surface area contributed by atoms with Gasteiger partial charge in [-0.25, -0.2) is 4.79 Å². The molecule has 0 spiro atoms. The Labute approximate surface area is 277 Å². The van der Waals surface area contributed by atoms with Crippen LogP contribution in [0.5, 0.6) is 5.75 Å². The maximum absolute atomic E-state index is 12.9. The molecule has 1 saturated heterocycles. The smallest absolute Gasteiger partial charge is 0.366 e. The van der Waals surface area contributed by atoms with E-state index in [0.717, 1.165) is 18.2 Å². The Kier molecular flexibility index (Phi) is 14.4. The summed E-state index contributed by atoms with van der Waals surface area (Å²) in [5.74, 6) is -2.94. The molecule has 0 bridgehead atoms. The summed E-state index contributed by atoms with van der Waals surface area (Å²) in [5.41, 5.74) is 1.92. The molecular formula is C32H43N3O11S. The van der Waals surface area contributed by atoms with Crippen molar-refractivity contribution in [2.24, 2.45) is 0 Å². The molecule has 0 aliphatic carbocycles. The van der Waals surface area contributed by atoms with Crippen molar-refractivity contribution in [1.82, 2.24) is 16.0 Å². The van der Waals surface area contributed by atoms with E-state index in [9.17, 15) is 39.6 Å². The van der Waals surface area contributed by atoms with Crippen molar-refractivity contribution >= 4 is 35.5 Å². The number of nitrogens with one attached hydrogen (secondary N) is 3. The number of ether oxygens (including phenoxy) is 3. The fourth-order valence-electron chi connectivity index (χ4n) is 5.00. The first kappa shape index (κ1) is 37.7. The number of phenolic OH excluding ortho intramolecular Hbond substituents is 1. The van der Waals surface area contributed by atoms with Gasteiger partial charge in [0.15, 0.2) is 0 Å². The van der Waals surface area contributed by atoms with Gasteiger partial charge in [0.2, 0.25) is 11.8 Å². The van der Waals surface area contributed by atoms with Crippen LogP contribution in [0.1, 0.15) is 37.0 Å². The predicted octanol–water partition coefficient (Wildman–Crippen LogP) is 0.311. The van der Waals surface area contributed by atoms with E-state index in [4.69, 9.17) is 14.2 Å². The van der Waals surface area contributed by atoms with E-state index >= 15 is 0 Å². The highest BCUT2D eigenvalue weighted by Crippen LogP contribution is 2.34. The van der Waals surface area contributed by atoms with Crippen LogP contribution in [0.3, 0.4) is 0 Å². The quantitative estimate of drug-likeness (QED) is 0.0945. The topological polar surface area (TPSA) is 213 Å². The van der Waals surface area contributed by atoms with Gasteiger partial charge >= 0.3 is 5.97 Å². The Hall–Kier alpha value is -3.73. The van der Waals surface area contributed by atoms with Crippen molar-refractivity contribution in [1.29, 1.82) is 0 Å². The van der Waals surface area contributed by atoms with Crippen molar-refractivity contribution in [3.05, 3.63) is 54.1 Å². The van der Waals surface area contributed by atoms with Crippen LogP contribution in [-0.4, -0.2) is 119 Å². The number of methoxy groups -OCH3 is 1. The average Bonchev–Trinajstić information content (AvgIpc) is 3.05.